The first-order valence-electron chi connectivity index (χ1n) is 5.68. The van der Waals surface area contributed by atoms with Crippen molar-refractivity contribution in [2.45, 2.75) is 5.92 Å². The van der Waals surface area contributed by atoms with Crippen LogP contribution in [0, 0.1) is 0 Å². The standard InChI is InChI=1S/C14H14ClNO2/c15-13-3-5-14(6-4-13)18-10-12(9-17)11-2-1-7-16-8-11/h1-8,12,17H,9-10H2. The average Bonchev–Trinajstić information content (AvgIpc) is 2.43. The molecule has 0 spiro atoms. The Hall–Kier alpha value is -1.58. The molecule has 0 aliphatic rings. The molecule has 18 heavy (non-hydrogen) atoms. The summed E-state index contributed by atoms with van der Waals surface area (Å²) in [4.78, 5) is 4.04. The third-order valence-electron chi connectivity index (χ3n) is 2.64. The highest BCUT2D eigenvalue weighted by Crippen LogP contribution is 2.19. The number of ether oxygens (including phenoxy) is 1. The molecular weight excluding hydrogens is 250 g/mol. The van der Waals surface area contributed by atoms with E-state index in [-0.39, 0.29) is 12.5 Å². The fraction of sp³-hybridized carbons (Fsp3) is 0.214. The molecule has 1 N–H and O–H groups in total. The molecule has 0 radical (unpaired) electrons. The number of benzene rings is 1. The molecule has 4 heteroatoms. The number of nitrogens with zero attached hydrogens (tertiary/aromatic N) is 1. The first-order valence-corrected chi connectivity index (χ1v) is 6.06. The number of halogens is 1. The van der Waals surface area contributed by atoms with Gasteiger partial charge < -0.3 is 9.84 Å². The largest absolute Gasteiger partial charge is 0.493 e. The van der Waals surface area contributed by atoms with Crippen LogP contribution in [0.25, 0.3) is 0 Å². The summed E-state index contributed by atoms with van der Waals surface area (Å²) in [5.74, 6) is 0.663. The van der Waals surface area contributed by atoms with Crippen LogP contribution in [0.3, 0.4) is 0 Å². The molecule has 0 fully saturated rings. The summed E-state index contributed by atoms with van der Waals surface area (Å²) in [6.07, 6.45) is 3.45. The topological polar surface area (TPSA) is 42.4 Å². The second-order valence-corrected chi connectivity index (χ2v) is 4.37. The molecule has 1 aromatic heterocycles. The lowest BCUT2D eigenvalue weighted by atomic mass is 10.0. The smallest absolute Gasteiger partial charge is 0.119 e. The monoisotopic (exact) mass is 263 g/mol. The number of rotatable bonds is 5. The van der Waals surface area contributed by atoms with Crippen molar-refractivity contribution in [1.82, 2.24) is 4.98 Å². The molecule has 0 saturated heterocycles. The molecule has 3 nitrogen and oxygen atoms in total. The van der Waals surface area contributed by atoms with Gasteiger partial charge in [0.2, 0.25) is 0 Å². The van der Waals surface area contributed by atoms with Gasteiger partial charge in [0.05, 0.1) is 13.2 Å². The van der Waals surface area contributed by atoms with E-state index in [1.807, 2.05) is 12.1 Å². The summed E-state index contributed by atoms with van der Waals surface area (Å²) in [6.45, 7) is 0.434. The van der Waals surface area contributed by atoms with Gasteiger partial charge in [-0.05, 0) is 35.9 Å². The fourth-order valence-electron chi connectivity index (χ4n) is 1.60. The predicted octanol–water partition coefficient (Wildman–Crippen LogP) is 2.89. The Bertz CT molecular complexity index is 473. The number of hydrogen-bond acceptors (Lipinski definition) is 3. The zero-order chi connectivity index (χ0) is 12.8. The Morgan fingerprint density at radius 3 is 2.61 bits per heavy atom. The highest BCUT2D eigenvalue weighted by molar-refractivity contribution is 6.30. The van der Waals surface area contributed by atoms with Gasteiger partial charge in [-0.15, -0.1) is 0 Å². The number of aliphatic hydroxyl groups excluding tert-OH is 1. The first kappa shape index (κ1) is 12.9. The van der Waals surface area contributed by atoms with Crippen molar-refractivity contribution in [3.63, 3.8) is 0 Å². The summed E-state index contributed by atoms with van der Waals surface area (Å²) in [7, 11) is 0. The van der Waals surface area contributed by atoms with Crippen LogP contribution in [0.1, 0.15) is 11.5 Å². The van der Waals surface area contributed by atoms with Gasteiger partial charge in [0.15, 0.2) is 0 Å². The Balaban J connectivity index is 1.97. The number of aliphatic hydroxyl groups is 1. The molecule has 0 aliphatic heterocycles. The minimum absolute atomic E-state index is 0.0271. The summed E-state index contributed by atoms with van der Waals surface area (Å²) in [5, 5.41) is 10.0. The SMILES string of the molecule is OCC(COc1ccc(Cl)cc1)c1cccnc1. The molecule has 1 unspecified atom stereocenters. The van der Waals surface area contributed by atoms with Crippen molar-refractivity contribution in [2.24, 2.45) is 0 Å². The maximum Gasteiger partial charge on any atom is 0.119 e. The fourth-order valence-corrected chi connectivity index (χ4v) is 1.73. The molecule has 0 amide bonds. The molecule has 1 atom stereocenters. The van der Waals surface area contributed by atoms with Gasteiger partial charge in [-0.2, -0.15) is 0 Å². The van der Waals surface area contributed by atoms with Crippen LogP contribution in [0.5, 0.6) is 5.75 Å². The molecular formula is C14H14ClNO2. The van der Waals surface area contributed by atoms with Crippen molar-refractivity contribution in [3.05, 3.63) is 59.4 Å². The van der Waals surface area contributed by atoms with E-state index >= 15 is 0 Å². The lowest BCUT2D eigenvalue weighted by Gasteiger charge is -2.15. The van der Waals surface area contributed by atoms with E-state index in [1.165, 1.54) is 0 Å². The molecule has 1 aromatic carbocycles. The third kappa shape index (κ3) is 3.45. The zero-order valence-corrected chi connectivity index (χ0v) is 10.5. The van der Waals surface area contributed by atoms with Crippen LogP contribution >= 0.6 is 11.6 Å². The lowest BCUT2D eigenvalue weighted by molar-refractivity contribution is 0.205. The van der Waals surface area contributed by atoms with Crippen molar-refractivity contribution >= 4 is 11.6 Å². The summed E-state index contributed by atoms with van der Waals surface area (Å²) >= 11 is 5.79. The molecule has 2 aromatic rings. The van der Waals surface area contributed by atoms with E-state index < -0.39 is 0 Å². The second-order valence-electron chi connectivity index (χ2n) is 3.93. The minimum Gasteiger partial charge on any atom is -0.493 e. The summed E-state index contributed by atoms with van der Waals surface area (Å²) in [6, 6.07) is 10.9. The molecule has 0 saturated carbocycles. The highest BCUT2D eigenvalue weighted by Gasteiger charge is 2.11. The van der Waals surface area contributed by atoms with Crippen molar-refractivity contribution in [3.8, 4) is 5.75 Å². The van der Waals surface area contributed by atoms with Crippen LogP contribution in [0.2, 0.25) is 5.02 Å². The zero-order valence-electron chi connectivity index (χ0n) is 9.79. The van der Waals surface area contributed by atoms with Crippen molar-refractivity contribution in [1.29, 1.82) is 0 Å². The summed E-state index contributed by atoms with van der Waals surface area (Å²) < 4.78 is 5.62. The van der Waals surface area contributed by atoms with Crippen molar-refractivity contribution in [2.75, 3.05) is 13.2 Å². The van der Waals surface area contributed by atoms with E-state index in [4.69, 9.17) is 16.3 Å². The van der Waals surface area contributed by atoms with E-state index in [0.29, 0.717) is 11.6 Å². The van der Waals surface area contributed by atoms with Gasteiger partial charge in [-0.25, -0.2) is 0 Å². The first-order chi connectivity index (χ1) is 8.79. The average molecular weight is 264 g/mol. The molecule has 0 aliphatic carbocycles. The molecule has 94 valence electrons. The minimum atomic E-state index is -0.0746. The van der Waals surface area contributed by atoms with E-state index in [1.54, 1.807) is 36.7 Å². The van der Waals surface area contributed by atoms with Gasteiger partial charge in [0, 0.05) is 23.3 Å². The number of hydrogen-bond donors (Lipinski definition) is 1. The van der Waals surface area contributed by atoms with E-state index in [0.717, 1.165) is 11.3 Å². The quantitative estimate of drug-likeness (QED) is 0.902. The third-order valence-corrected chi connectivity index (χ3v) is 2.89. The van der Waals surface area contributed by atoms with E-state index in [2.05, 4.69) is 4.98 Å². The molecule has 0 bridgehead atoms. The summed E-state index contributed by atoms with van der Waals surface area (Å²) in [5.41, 5.74) is 0.967. The lowest BCUT2D eigenvalue weighted by Crippen LogP contribution is -2.14. The Kier molecular flexibility index (Phi) is 4.56. The molecule has 2 rings (SSSR count). The van der Waals surface area contributed by atoms with Crippen molar-refractivity contribution < 1.29 is 9.84 Å². The predicted molar refractivity (Wildman–Crippen MR) is 71.0 cm³/mol. The Morgan fingerprint density at radius 2 is 2.00 bits per heavy atom. The normalized spacial score (nSPS) is 12.1. The van der Waals surface area contributed by atoms with Gasteiger partial charge in [0.25, 0.3) is 0 Å². The van der Waals surface area contributed by atoms with E-state index in [9.17, 15) is 5.11 Å². The number of aromatic nitrogens is 1. The van der Waals surface area contributed by atoms with Gasteiger partial charge in [0.1, 0.15) is 5.75 Å². The van der Waals surface area contributed by atoms with Gasteiger partial charge in [-0.1, -0.05) is 17.7 Å². The van der Waals surface area contributed by atoms with Crippen LogP contribution in [-0.2, 0) is 0 Å². The Morgan fingerprint density at radius 1 is 1.22 bits per heavy atom. The number of pyridine rings is 1. The van der Waals surface area contributed by atoms with Crippen LogP contribution < -0.4 is 4.74 Å². The van der Waals surface area contributed by atoms with Crippen LogP contribution in [-0.4, -0.2) is 23.3 Å². The van der Waals surface area contributed by atoms with Gasteiger partial charge >= 0.3 is 0 Å². The highest BCUT2D eigenvalue weighted by atomic mass is 35.5. The second kappa shape index (κ2) is 6.38. The van der Waals surface area contributed by atoms with Crippen LogP contribution in [0.15, 0.2) is 48.8 Å². The van der Waals surface area contributed by atoms with Crippen LogP contribution in [0.4, 0.5) is 0 Å². The van der Waals surface area contributed by atoms with Gasteiger partial charge in [-0.3, -0.25) is 4.98 Å². The maximum absolute atomic E-state index is 9.37. The Labute approximate surface area is 111 Å². The molecule has 1 heterocycles. The maximum atomic E-state index is 9.37.